The Morgan fingerprint density at radius 1 is 1.45 bits per heavy atom. The van der Waals surface area contributed by atoms with E-state index in [0.29, 0.717) is 12.6 Å². The zero-order valence-corrected chi connectivity index (χ0v) is 13.6. The summed E-state index contributed by atoms with van der Waals surface area (Å²) in [6, 6.07) is 0.809. The van der Waals surface area contributed by atoms with Gasteiger partial charge in [0.15, 0.2) is 0 Å². The number of rotatable bonds is 7. The maximum atomic E-state index is 11.9. The Morgan fingerprint density at radius 2 is 2.05 bits per heavy atom. The maximum Gasteiger partial charge on any atom is 0.407 e. The van der Waals surface area contributed by atoms with Crippen LogP contribution in [-0.2, 0) is 4.74 Å². The van der Waals surface area contributed by atoms with Gasteiger partial charge < -0.3 is 15.8 Å². The van der Waals surface area contributed by atoms with Crippen LogP contribution in [0.2, 0.25) is 0 Å². The molecule has 0 saturated heterocycles. The highest BCUT2D eigenvalue weighted by Crippen LogP contribution is 2.29. The molecule has 3 N–H and O–H groups in total. The van der Waals surface area contributed by atoms with Crippen LogP contribution in [0.4, 0.5) is 4.79 Å². The lowest BCUT2D eigenvalue weighted by Crippen LogP contribution is -2.55. The summed E-state index contributed by atoms with van der Waals surface area (Å²) < 4.78 is 5.31. The Kier molecular flexibility index (Phi) is 6.27. The van der Waals surface area contributed by atoms with Crippen LogP contribution in [0.5, 0.6) is 0 Å². The molecule has 0 spiro atoms. The third kappa shape index (κ3) is 5.67. The summed E-state index contributed by atoms with van der Waals surface area (Å²) >= 11 is 0. The summed E-state index contributed by atoms with van der Waals surface area (Å²) in [6.45, 7) is 11.4. The van der Waals surface area contributed by atoms with E-state index in [9.17, 15) is 4.79 Å². The van der Waals surface area contributed by atoms with E-state index in [4.69, 9.17) is 10.5 Å². The first-order valence-electron chi connectivity index (χ1n) is 7.73. The van der Waals surface area contributed by atoms with E-state index in [0.717, 1.165) is 13.0 Å². The highest BCUT2D eigenvalue weighted by Gasteiger charge is 2.35. The standard InChI is InChI=1S/C15H31N3O2/c1-6-9-18(12-7-8-12)13(10-16)11(2)17-14(19)20-15(3,4)5/h11-13H,6-10,16H2,1-5H3,(H,17,19). The molecule has 2 atom stereocenters. The van der Waals surface area contributed by atoms with E-state index in [1.807, 2.05) is 27.7 Å². The van der Waals surface area contributed by atoms with Crippen molar-refractivity contribution >= 4 is 6.09 Å². The fourth-order valence-electron chi connectivity index (χ4n) is 2.50. The second-order valence-electron chi connectivity index (χ2n) is 6.71. The van der Waals surface area contributed by atoms with Gasteiger partial charge in [0.25, 0.3) is 0 Å². The number of carbonyl (C=O) groups excluding carboxylic acids is 1. The fraction of sp³-hybridized carbons (Fsp3) is 0.933. The Hall–Kier alpha value is -0.810. The number of nitrogens with zero attached hydrogens (tertiary/aromatic N) is 1. The van der Waals surface area contributed by atoms with Crippen LogP contribution in [0.15, 0.2) is 0 Å². The number of alkyl carbamates (subject to hydrolysis) is 1. The lowest BCUT2D eigenvalue weighted by molar-refractivity contribution is 0.0466. The first kappa shape index (κ1) is 17.2. The minimum absolute atomic E-state index is 0.0120. The number of hydrogen-bond donors (Lipinski definition) is 2. The molecule has 0 aromatic rings. The molecule has 1 rings (SSSR count). The SMILES string of the molecule is CCCN(C1CC1)C(CN)C(C)NC(=O)OC(C)(C)C. The summed E-state index contributed by atoms with van der Waals surface area (Å²) in [5, 5.41) is 2.93. The van der Waals surface area contributed by atoms with Gasteiger partial charge in [-0.3, -0.25) is 4.90 Å². The number of nitrogens with two attached hydrogens (primary N) is 1. The van der Waals surface area contributed by atoms with Crippen LogP contribution in [0, 0.1) is 0 Å². The van der Waals surface area contributed by atoms with Crippen molar-refractivity contribution in [2.24, 2.45) is 5.73 Å². The van der Waals surface area contributed by atoms with Crippen LogP contribution in [-0.4, -0.2) is 47.8 Å². The second kappa shape index (κ2) is 7.27. The summed E-state index contributed by atoms with van der Waals surface area (Å²) in [5.74, 6) is 0. The molecular weight excluding hydrogens is 254 g/mol. The molecule has 5 nitrogen and oxygen atoms in total. The Morgan fingerprint density at radius 3 is 2.45 bits per heavy atom. The number of ether oxygens (including phenoxy) is 1. The molecule has 0 aromatic heterocycles. The quantitative estimate of drug-likeness (QED) is 0.751. The van der Waals surface area contributed by atoms with Gasteiger partial charge in [-0.1, -0.05) is 6.92 Å². The van der Waals surface area contributed by atoms with Crippen LogP contribution >= 0.6 is 0 Å². The minimum Gasteiger partial charge on any atom is -0.444 e. The highest BCUT2D eigenvalue weighted by atomic mass is 16.6. The van der Waals surface area contributed by atoms with Gasteiger partial charge >= 0.3 is 6.09 Å². The Bertz CT molecular complexity index is 311. The van der Waals surface area contributed by atoms with Gasteiger partial charge in [-0.2, -0.15) is 0 Å². The predicted molar refractivity (Wildman–Crippen MR) is 81.7 cm³/mol. The zero-order chi connectivity index (χ0) is 15.3. The molecular formula is C15H31N3O2. The Balaban J connectivity index is 2.56. The zero-order valence-electron chi connectivity index (χ0n) is 13.6. The topological polar surface area (TPSA) is 67.6 Å². The maximum absolute atomic E-state index is 11.9. The van der Waals surface area contributed by atoms with Crippen LogP contribution in [0.1, 0.15) is 53.9 Å². The van der Waals surface area contributed by atoms with Gasteiger partial charge in [0, 0.05) is 24.7 Å². The molecule has 118 valence electrons. The molecule has 1 fully saturated rings. The number of carbonyl (C=O) groups is 1. The van der Waals surface area contributed by atoms with Crippen molar-refractivity contribution in [2.45, 2.75) is 77.6 Å². The van der Waals surface area contributed by atoms with Gasteiger partial charge in [0.1, 0.15) is 5.60 Å². The third-order valence-corrected chi connectivity index (χ3v) is 3.49. The lowest BCUT2D eigenvalue weighted by Gasteiger charge is -2.35. The second-order valence-corrected chi connectivity index (χ2v) is 6.71. The van der Waals surface area contributed by atoms with Gasteiger partial charge in [-0.05, 0) is 53.5 Å². The molecule has 2 unspecified atom stereocenters. The van der Waals surface area contributed by atoms with Crippen LogP contribution in [0.25, 0.3) is 0 Å². The van der Waals surface area contributed by atoms with Gasteiger partial charge in [0.05, 0.1) is 0 Å². The van der Waals surface area contributed by atoms with E-state index in [1.165, 1.54) is 12.8 Å². The van der Waals surface area contributed by atoms with Crippen molar-refractivity contribution in [3.05, 3.63) is 0 Å². The number of nitrogens with one attached hydrogen (secondary N) is 1. The molecule has 1 saturated carbocycles. The van der Waals surface area contributed by atoms with Crippen molar-refractivity contribution in [3.8, 4) is 0 Å². The minimum atomic E-state index is -0.471. The Labute approximate surface area is 123 Å². The van der Waals surface area contributed by atoms with Crippen molar-refractivity contribution in [2.75, 3.05) is 13.1 Å². The van der Waals surface area contributed by atoms with Gasteiger partial charge in [-0.25, -0.2) is 4.79 Å². The van der Waals surface area contributed by atoms with E-state index >= 15 is 0 Å². The van der Waals surface area contributed by atoms with Gasteiger partial charge in [0.2, 0.25) is 0 Å². The van der Waals surface area contributed by atoms with Crippen molar-refractivity contribution < 1.29 is 9.53 Å². The van der Waals surface area contributed by atoms with E-state index in [-0.39, 0.29) is 18.2 Å². The first-order chi connectivity index (χ1) is 9.28. The summed E-state index contributed by atoms with van der Waals surface area (Å²) in [7, 11) is 0. The largest absolute Gasteiger partial charge is 0.444 e. The smallest absolute Gasteiger partial charge is 0.407 e. The van der Waals surface area contributed by atoms with E-state index in [1.54, 1.807) is 0 Å². The summed E-state index contributed by atoms with van der Waals surface area (Å²) in [5.41, 5.74) is 5.47. The lowest BCUT2D eigenvalue weighted by atomic mass is 10.1. The molecule has 1 aliphatic carbocycles. The van der Waals surface area contributed by atoms with Crippen molar-refractivity contribution in [1.29, 1.82) is 0 Å². The van der Waals surface area contributed by atoms with Crippen LogP contribution < -0.4 is 11.1 Å². The highest BCUT2D eigenvalue weighted by molar-refractivity contribution is 5.68. The first-order valence-corrected chi connectivity index (χ1v) is 7.73. The van der Waals surface area contributed by atoms with Crippen molar-refractivity contribution in [3.63, 3.8) is 0 Å². The average molecular weight is 285 g/mol. The molecule has 1 amide bonds. The molecule has 5 heteroatoms. The number of amides is 1. The van der Waals surface area contributed by atoms with Crippen LogP contribution in [0.3, 0.4) is 0 Å². The predicted octanol–water partition coefficient (Wildman–Crippen LogP) is 2.10. The summed E-state index contributed by atoms with van der Waals surface area (Å²) in [4.78, 5) is 14.3. The molecule has 0 bridgehead atoms. The average Bonchev–Trinajstić information content (AvgIpc) is 3.09. The van der Waals surface area contributed by atoms with Crippen molar-refractivity contribution in [1.82, 2.24) is 10.2 Å². The molecule has 0 aromatic carbocycles. The summed E-state index contributed by atoms with van der Waals surface area (Å²) in [6.07, 6.45) is 3.23. The molecule has 1 aliphatic rings. The molecule has 20 heavy (non-hydrogen) atoms. The monoisotopic (exact) mass is 285 g/mol. The molecule has 0 radical (unpaired) electrons. The number of hydrogen-bond acceptors (Lipinski definition) is 4. The van der Waals surface area contributed by atoms with E-state index < -0.39 is 5.60 Å². The molecule has 0 aliphatic heterocycles. The third-order valence-electron chi connectivity index (χ3n) is 3.49. The fourth-order valence-corrected chi connectivity index (χ4v) is 2.50. The van der Waals surface area contributed by atoms with Gasteiger partial charge in [-0.15, -0.1) is 0 Å². The molecule has 0 heterocycles. The van der Waals surface area contributed by atoms with E-state index in [2.05, 4.69) is 17.1 Å². The normalized spacial score (nSPS) is 18.8.